The number of halogens is 4. The molecule has 0 spiro atoms. The van der Waals surface area contributed by atoms with Crippen molar-refractivity contribution in [3.63, 3.8) is 0 Å². The SMILES string of the molecule is COc1ccc(Cl)cc1C[NH+](C)CN1C(=O)C(=O)N(CC(F)(F)F)C1=O. The Bertz CT molecular complexity index is 741. The summed E-state index contributed by atoms with van der Waals surface area (Å²) in [6.45, 7) is -1.82. The molecule has 0 bridgehead atoms. The van der Waals surface area contributed by atoms with Gasteiger partial charge in [0.1, 0.15) is 18.8 Å². The first kappa shape index (κ1) is 20.0. The molecule has 0 aromatic heterocycles. The Hall–Kier alpha value is -2.33. The van der Waals surface area contributed by atoms with E-state index in [4.69, 9.17) is 16.3 Å². The zero-order valence-corrected chi connectivity index (χ0v) is 14.6. The third kappa shape index (κ3) is 4.44. The van der Waals surface area contributed by atoms with Gasteiger partial charge >= 0.3 is 24.0 Å². The van der Waals surface area contributed by atoms with Crippen LogP contribution in [0.2, 0.25) is 5.02 Å². The Balaban J connectivity index is 2.10. The summed E-state index contributed by atoms with van der Waals surface area (Å²) < 4.78 is 42.6. The number of rotatable bonds is 6. The van der Waals surface area contributed by atoms with Crippen molar-refractivity contribution in [2.24, 2.45) is 0 Å². The minimum atomic E-state index is -4.78. The quantitative estimate of drug-likeness (QED) is 0.569. The largest absolute Gasteiger partial charge is 0.496 e. The number of carbonyl (C=O) groups is 3. The molecule has 142 valence electrons. The van der Waals surface area contributed by atoms with Gasteiger partial charge in [0, 0.05) is 10.6 Å². The van der Waals surface area contributed by atoms with E-state index in [2.05, 4.69) is 0 Å². The average Bonchev–Trinajstić information content (AvgIpc) is 2.72. The molecule has 0 saturated carbocycles. The summed E-state index contributed by atoms with van der Waals surface area (Å²) in [7, 11) is 3.07. The van der Waals surface area contributed by atoms with Crippen LogP contribution in [-0.4, -0.2) is 61.2 Å². The predicted octanol–water partition coefficient (Wildman–Crippen LogP) is 0.674. The summed E-state index contributed by atoms with van der Waals surface area (Å²) >= 11 is 5.93. The minimum absolute atomic E-state index is 0.102. The monoisotopic (exact) mass is 394 g/mol. The highest BCUT2D eigenvalue weighted by Gasteiger charge is 2.49. The number of nitrogens with one attached hydrogen (secondary N) is 1. The van der Waals surface area contributed by atoms with Crippen LogP contribution in [0.25, 0.3) is 0 Å². The van der Waals surface area contributed by atoms with E-state index in [1.807, 2.05) is 0 Å². The van der Waals surface area contributed by atoms with Crippen LogP contribution in [-0.2, 0) is 16.1 Å². The van der Waals surface area contributed by atoms with E-state index in [1.165, 1.54) is 7.11 Å². The van der Waals surface area contributed by atoms with Gasteiger partial charge < -0.3 is 9.64 Å². The number of quaternary nitrogens is 1. The van der Waals surface area contributed by atoms with Gasteiger partial charge in [0.15, 0.2) is 6.67 Å². The number of amides is 4. The molecule has 11 heteroatoms. The van der Waals surface area contributed by atoms with Gasteiger partial charge in [-0.3, -0.25) is 9.59 Å². The van der Waals surface area contributed by atoms with Gasteiger partial charge in [-0.1, -0.05) is 11.6 Å². The van der Waals surface area contributed by atoms with Gasteiger partial charge in [-0.25, -0.2) is 14.6 Å². The maximum Gasteiger partial charge on any atom is 0.406 e. The van der Waals surface area contributed by atoms with Crippen molar-refractivity contribution in [3.05, 3.63) is 28.8 Å². The van der Waals surface area contributed by atoms with E-state index in [0.29, 0.717) is 26.1 Å². The molecular weight excluding hydrogens is 379 g/mol. The maximum atomic E-state index is 12.5. The topological polar surface area (TPSA) is 71.4 Å². The number of methoxy groups -OCH3 is 1. The molecule has 1 aromatic carbocycles. The molecule has 4 amide bonds. The van der Waals surface area contributed by atoms with E-state index in [0.717, 1.165) is 0 Å². The number of benzene rings is 1. The molecule has 1 aliphatic heterocycles. The lowest BCUT2D eigenvalue weighted by Crippen LogP contribution is -3.09. The highest BCUT2D eigenvalue weighted by molar-refractivity contribution is 6.44. The highest BCUT2D eigenvalue weighted by Crippen LogP contribution is 2.22. The Kier molecular flexibility index (Phi) is 5.77. The molecule has 0 radical (unpaired) electrons. The lowest BCUT2D eigenvalue weighted by Gasteiger charge is -2.21. The van der Waals surface area contributed by atoms with Crippen molar-refractivity contribution in [3.8, 4) is 5.75 Å². The van der Waals surface area contributed by atoms with Crippen molar-refractivity contribution >= 4 is 29.4 Å². The van der Waals surface area contributed by atoms with Crippen molar-refractivity contribution in [2.75, 3.05) is 27.4 Å². The number of carbonyl (C=O) groups excluding carboxylic acids is 3. The normalized spacial score (nSPS) is 16.5. The molecule has 2 rings (SSSR count). The third-order valence-corrected chi connectivity index (χ3v) is 3.87. The van der Waals surface area contributed by atoms with Crippen molar-refractivity contribution in [1.29, 1.82) is 0 Å². The number of alkyl halides is 3. The van der Waals surface area contributed by atoms with Crippen LogP contribution < -0.4 is 9.64 Å². The van der Waals surface area contributed by atoms with Gasteiger partial charge in [-0.15, -0.1) is 0 Å². The van der Waals surface area contributed by atoms with Crippen LogP contribution in [0, 0.1) is 0 Å². The Labute approximate surface area is 151 Å². The van der Waals surface area contributed by atoms with Crippen LogP contribution in [0.15, 0.2) is 18.2 Å². The van der Waals surface area contributed by atoms with E-state index >= 15 is 0 Å². The fraction of sp³-hybridized carbons (Fsp3) is 0.400. The molecule has 1 saturated heterocycles. The third-order valence-electron chi connectivity index (χ3n) is 3.64. The number of urea groups is 1. The second-order valence-electron chi connectivity index (χ2n) is 5.77. The molecule has 1 atom stereocenters. The Morgan fingerprint density at radius 3 is 2.35 bits per heavy atom. The zero-order valence-electron chi connectivity index (χ0n) is 13.9. The lowest BCUT2D eigenvalue weighted by atomic mass is 10.2. The van der Waals surface area contributed by atoms with Crippen LogP contribution >= 0.6 is 11.6 Å². The molecule has 1 fully saturated rings. The first-order valence-electron chi connectivity index (χ1n) is 7.41. The highest BCUT2D eigenvalue weighted by atomic mass is 35.5. The first-order chi connectivity index (χ1) is 12.0. The zero-order chi connectivity index (χ0) is 19.6. The molecule has 0 aliphatic carbocycles. The van der Waals surface area contributed by atoms with Gasteiger partial charge in [0.25, 0.3) is 0 Å². The summed E-state index contributed by atoms with van der Waals surface area (Å²) in [5, 5.41) is 0.452. The number of ether oxygens (including phenoxy) is 1. The van der Waals surface area contributed by atoms with Gasteiger partial charge in [-0.2, -0.15) is 13.2 Å². The molecule has 7 nitrogen and oxygen atoms in total. The van der Waals surface area contributed by atoms with Crippen LogP contribution in [0.4, 0.5) is 18.0 Å². The number of nitrogens with zero attached hydrogens (tertiary/aromatic N) is 2. The molecular formula is C15H16ClF3N3O4+. The molecule has 1 unspecified atom stereocenters. The summed E-state index contributed by atoms with van der Waals surface area (Å²) in [6.07, 6.45) is -4.78. The smallest absolute Gasteiger partial charge is 0.406 e. The van der Waals surface area contributed by atoms with E-state index in [1.54, 1.807) is 25.2 Å². The van der Waals surface area contributed by atoms with Crippen LogP contribution in [0.3, 0.4) is 0 Å². The Morgan fingerprint density at radius 1 is 1.15 bits per heavy atom. The average molecular weight is 395 g/mol. The van der Waals surface area contributed by atoms with Crippen molar-refractivity contribution in [1.82, 2.24) is 9.80 Å². The molecule has 1 heterocycles. The van der Waals surface area contributed by atoms with Gasteiger partial charge in [0.05, 0.1) is 14.2 Å². The summed E-state index contributed by atoms with van der Waals surface area (Å²) in [5.41, 5.74) is 0.676. The number of imide groups is 2. The Morgan fingerprint density at radius 2 is 1.77 bits per heavy atom. The maximum absolute atomic E-state index is 12.5. The summed E-state index contributed by atoms with van der Waals surface area (Å²) in [4.78, 5) is 36.5. The van der Waals surface area contributed by atoms with Gasteiger partial charge in [-0.05, 0) is 18.2 Å². The second-order valence-corrected chi connectivity index (χ2v) is 6.21. The van der Waals surface area contributed by atoms with Crippen molar-refractivity contribution < 1.29 is 37.2 Å². The molecule has 1 aromatic rings. The first-order valence-corrected chi connectivity index (χ1v) is 7.79. The number of hydrogen-bond acceptors (Lipinski definition) is 4. The van der Waals surface area contributed by atoms with Crippen LogP contribution in [0.1, 0.15) is 5.56 Å². The predicted molar refractivity (Wildman–Crippen MR) is 83.5 cm³/mol. The summed E-state index contributed by atoms with van der Waals surface area (Å²) in [6, 6.07) is 3.62. The van der Waals surface area contributed by atoms with E-state index in [9.17, 15) is 27.6 Å². The second kappa shape index (κ2) is 7.50. The standard InChI is InChI=1S/C15H15ClF3N3O4/c1-20(6-9-5-10(16)3-4-11(9)26-2)8-22-13(24)12(23)21(14(22)25)7-15(17,18)19/h3-5H,6-8H2,1-2H3/p+1. The van der Waals surface area contributed by atoms with E-state index in [-0.39, 0.29) is 18.1 Å². The fourth-order valence-corrected chi connectivity index (χ4v) is 2.74. The van der Waals surface area contributed by atoms with Gasteiger partial charge in [0.2, 0.25) is 0 Å². The summed E-state index contributed by atoms with van der Waals surface area (Å²) in [5.74, 6) is -2.24. The number of hydrogen-bond donors (Lipinski definition) is 1. The van der Waals surface area contributed by atoms with Crippen LogP contribution in [0.5, 0.6) is 5.75 Å². The fourth-order valence-electron chi connectivity index (χ4n) is 2.54. The molecule has 1 N–H and O–H groups in total. The molecule has 26 heavy (non-hydrogen) atoms. The lowest BCUT2D eigenvalue weighted by molar-refractivity contribution is -0.901. The molecule has 1 aliphatic rings. The van der Waals surface area contributed by atoms with E-state index < -0.39 is 30.6 Å². The minimum Gasteiger partial charge on any atom is -0.496 e. The van der Waals surface area contributed by atoms with Crippen molar-refractivity contribution in [2.45, 2.75) is 12.7 Å².